The SMILES string of the molecule is CC(=O)Oc1cc2nc(C(=O)O)c(C(=O)O)nc2cc1OC(C)=O. The summed E-state index contributed by atoms with van der Waals surface area (Å²) in [6, 6.07) is 2.25. The van der Waals surface area contributed by atoms with Crippen LogP contribution in [0.15, 0.2) is 12.1 Å². The molecule has 24 heavy (non-hydrogen) atoms. The van der Waals surface area contributed by atoms with E-state index in [9.17, 15) is 19.2 Å². The maximum Gasteiger partial charge on any atom is 0.357 e. The van der Waals surface area contributed by atoms with Gasteiger partial charge in [-0.25, -0.2) is 19.6 Å². The lowest BCUT2D eigenvalue weighted by Crippen LogP contribution is -2.14. The Hall–Kier alpha value is -3.56. The zero-order valence-corrected chi connectivity index (χ0v) is 12.4. The molecule has 0 saturated heterocycles. The van der Waals surface area contributed by atoms with Crippen molar-refractivity contribution in [3.8, 4) is 11.5 Å². The largest absolute Gasteiger partial charge is 0.476 e. The van der Waals surface area contributed by atoms with Gasteiger partial charge in [-0.3, -0.25) is 9.59 Å². The lowest BCUT2D eigenvalue weighted by Gasteiger charge is -2.10. The van der Waals surface area contributed by atoms with Crippen LogP contribution in [0.1, 0.15) is 34.8 Å². The smallest absolute Gasteiger partial charge is 0.357 e. The number of ether oxygens (including phenoxy) is 2. The van der Waals surface area contributed by atoms with Crippen LogP contribution in [0.25, 0.3) is 11.0 Å². The van der Waals surface area contributed by atoms with Crippen LogP contribution in [0.4, 0.5) is 0 Å². The van der Waals surface area contributed by atoms with Crippen LogP contribution < -0.4 is 9.47 Å². The van der Waals surface area contributed by atoms with E-state index in [-0.39, 0.29) is 22.5 Å². The van der Waals surface area contributed by atoms with Gasteiger partial charge in [0.1, 0.15) is 0 Å². The highest BCUT2D eigenvalue weighted by molar-refractivity contribution is 6.01. The monoisotopic (exact) mass is 334 g/mol. The normalized spacial score (nSPS) is 10.2. The van der Waals surface area contributed by atoms with Gasteiger partial charge in [0.25, 0.3) is 0 Å². The molecule has 0 aliphatic carbocycles. The summed E-state index contributed by atoms with van der Waals surface area (Å²) in [7, 11) is 0. The number of nitrogens with zero attached hydrogens (tertiary/aromatic N) is 2. The molecular weight excluding hydrogens is 324 g/mol. The molecule has 0 atom stereocenters. The van der Waals surface area contributed by atoms with Crippen molar-refractivity contribution in [3.05, 3.63) is 23.5 Å². The van der Waals surface area contributed by atoms with Crippen molar-refractivity contribution in [1.82, 2.24) is 9.97 Å². The summed E-state index contributed by atoms with van der Waals surface area (Å²) >= 11 is 0. The van der Waals surface area contributed by atoms with Gasteiger partial charge >= 0.3 is 23.9 Å². The molecule has 0 bridgehead atoms. The van der Waals surface area contributed by atoms with Crippen molar-refractivity contribution in [3.63, 3.8) is 0 Å². The highest BCUT2D eigenvalue weighted by atomic mass is 16.6. The van der Waals surface area contributed by atoms with Crippen molar-refractivity contribution in [2.45, 2.75) is 13.8 Å². The molecule has 0 amide bonds. The van der Waals surface area contributed by atoms with E-state index in [2.05, 4.69) is 9.97 Å². The van der Waals surface area contributed by atoms with Crippen molar-refractivity contribution >= 4 is 34.9 Å². The molecule has 124 valence electrons. The van der Waals surface area contributed by atoms with Crippen molar-refractivity contribution in [2.24, 2.45) is 0 Å². The number of carboxylic acids is 2. The van der Waals surface area contributed by atoms with Gasteiger partial charge in [-0.2, -0.15) is 0 Å². The number of rotatable bonds is 4. The topological polar surface area (TPSA) is 153 Å². The average molecular weight is 334 g/mol. The van der Waals surface area contributed by atoms with Crippen molar-refractivity contribution in [2.75, 3.05) is 0 Å². The van der Waals surface area contributed by atoms with E-state index >= 15 is 0 Å². The van der Waals surface area contributed by atoms with Gasteiger partial charge in [0.2, 0.25) is 0 Å². The summed E-state index contributed by atoms with van der Waals surface area (Å²) in [5.41, 5.74) is -1.65. The van der Waals surface area contributed by atoms with Crippen molar-refractivity contribution < 1.29 is 38.9 Å². The number of benzene rings is 1. The van der Waals surface area contributed by atoms with Crippen LogP contribution in [-0.4, -0.2) is 44.1 Å². The minimum atomic E-state index is -1.58. The Bertz CT molecular complexity index is 817. The summed E-state index contributed by atoms with van der Waals surface area (Å²) < 4.78 is 9.77. The molecule has 0 spiro atoms. The molecule has 1 aromatic heterocycles. The van der Waals surface area contributed by atoms with Crippen LogP contribution in [0.3, 0.4) is 0 Å². The van der Waals surface area contributed by atoms with Gasteiger partial charge in [-0.05, 0) is 0 Å². The summed E-state index contributed by atoms with van der Waals surface area (Å²) in [6.45, 7) is 2.23. The molecule has 0 radical (unpaired) electrons. The third kappa shape index (κ3) is 3.43. The van der Waals surface area contributed by atoms with Crippen LogP contribution in [0, 0.1) is 0 Å². The molecule has 0 unspecified atom stereocenters. The maximum absolute atomic E-state index is 11.1. The van der Waals surface area contributed by atoms with Crippen LogP contribution in [0.5, 0.6) is 11.5 Å². The standard InChI is InChI=1S/C14H10N2O8/c1-5(17)23-9-3-7-8(4-10(9)24-6(2)18)16-12(14(21)22)11(15-7)13(19)20/h3-4H,1-2H3,(H,19,20)(H,21,22). The predicted molar refractivity (Wildman–Crippen MR) is 76.1 cm³/mol. The first-order chi connectivity index (χ1) is 11.2. The second-order valence-electron chi connectivity index (χ2n) is 4.51. The molecule has 1 aromatic carbocycles. The summed E-state index contributed by atoms with van der Waals surface area (Å²) in [5, 5.41) is 18.1. The molecule has 2 N–H and O–H groups in total. The number of hydrogen-bond donors (Lipinski definition) is 2. The second-order valence-corrected chi connectivity index (χ2v) is 4.51. The molecule has 0 aliphatic heterocycles. The number of hydrogen-bond acceptors (Lipinski definition) is 8. The third-order valence-electron chi connectivity index (χ3n) is 2.64. The van der Waals surface area contributed by atoms with E-state index < -0.39 is 35.3 Å². The second kappa shape index (κ2) is 6.28. The average Bonchev–Trinajstić information content (AvgIpc) is 2.45. The molecular formula is C14H10N2O8. The molecule has 0 saturated carbocycles. The lowest BCUT2D eigenvalue weighted by molar-refractivity contribution is -0.134. The zero-order valence-electron chi connectivity index (χ0n) is 12.4. The number of fused-ring (bicyclic) bond motifs is 1. The quantitative estimate of drug-likeness (QED) is 0.608. The van der Waals surface area contributed by atoms with Crippen LogP contribution in [-0.2, 0) is 9.59 Å². The summed E-state index contributed by atoms with van der Waals surface area (Å²) in [6.07, 6.45) is 0. The highest BCUT2D eigenvalue weighted by Gasteiger charge is 2.22. The number of aromatic carboxylic acids is 2. The van der Waals surface area contributed by atoms with Gasteiger partial charge in [0, 0.05) is 26.0 Å². The van der Waals surface area contributed by atoms with E-state index in [1.165, 1.54) is 0 Å². The molecule has 0 aliphatic rings. The van der Waals surface area contributed by atoms with Crippen molar-refractivity contribution in [1.29, 1.82) is 0 Å². The third-order valence-corrected chi connectivity index (χ3v) is 2.64. The molecule has 10 heteroatoms. The van der Waals surface area contributed by atoms with Gasteiger partial charge in [-0.15, -0.1) is 0 Å². The molecule has 2 aromatic rings. The van der Waals surface area contributed by atoms with Gasteiger partial charge in [0.15, 0.2) is 22.9 Å². The first kappa shape index (κ1) is 16.8. The number of aromatic nitrogens is 2. The van der Waals surface area contributed by atoms with E-state index in [1.807, 2.05) is 0 Å². The van der Waals surface area contributed by atoms with Crippen LogP contribution >= 0.6 is 0 Å². The predicted octanol–water partition coefficient (Wildman–Crippen LogP) is 0.877. The Morgan fingerprint density at radius 1 is 0.792 bits per heavy atom. The van der Waals surface area contributed by atoms with E-state index in [4.69, 9.17) is 19.7 Å². The first-order valence-electron chi connectivity index (χ1n) is 6.38. The summed E-state index contributed by atoms with van der Waals surface area (Å²) in [5.74, 6) is -4.95. The number of carboxylic acid groups (broad SMARTS) is 2. The minimum Gasteiger partial charge on any atom is -0.476 e. The molecule has 1 heterocycles. The fourth-order valence-corrected chi connectivity index (χ4v) is 1.83. The number of esters is 2. The minimum absolute atomic E-state index is 0.0513. The summed E-state index contributed by atoms with van der Waals surface area (Å²) in [4.78, 5) is 51.9. The molecule has 0 fully saturated rings. The fraction of sp³-hybridized carbons (Fsp3) is 0.143. The number of carbonyl (C=O) groups is 4. The Morgan fingerprint density at radius 3 is 1.38 bits per heavy atom. The van der Waals surface area contributed by atoms with Gasteiger partial charge in [0.05, 0.1) is 11.0 Å². The lowest BCUT2D eigenvalue weighted by atomic mass is 10.2. The van der Waals surface area contributed by atoms with E-state index in [0.29, 0.717) is 0 Å². The highest BCUT2D eigenvalue weighted by Crippen LogP contribution is 2.32. The Morgan fingerprint density at radius 2 is 1.12 bits per heavy atom. The molecule has 10 nitrogen and oxygen atoms in total. The zero-order chi connectivity index (χ0) is 18.0. The van der Waals surface area contributed by atoms with Gasteiger partial charge in [-0.1, -0.05) is 0 Å². The number of carbonyl (C=O) groups excluding carboxylic acids is 2. The van der Waals surface area contributed by atoms with E-state index in [1.54, 1.807) is 0 Å². The Balaban J connectivity index is 2.75. The first-order valence-corrected chi connectivity index (χ1v) is 6.38. The maximum atomic E-state index is 11.1. The Kier molecular flexibility index (Phi) is 4.40. The molecule has 2 rings (SSSR count). The van der Waals surface area contributed by atoms with E-state index in [0.717, 1.165) is 26.0 Å². The fourth-order valence-electron chi connectivity index (χ4n) is 1.83. The van der Waals surface area contributed by atoms with Crippen LogP contribution in [0.2, 0.25) is 0 Å². The van der Waals surface area contributed by atoms with Gasteiger partial charge < -0.3 is 19.7 Å². The Labute approximate surface area is 133 Å².